The number of amides is 1. The minimum atomic E-state index is -0.00697. The zero-order chi connectivity index (χ0) is 17.0. The van der Waals surface area contributed by atoms with Crippen LogP contribution in [-0.4, -0.2) is 48.4 Å². The normalized spacial score (nSPS) is 21.3. The molecule has 23 heavy (non-hydrogen) atoms. The van der Waals surface area contributed by atoms with Gasteiger partial charge in [-0.25, -0.2) is 0 Å². The van der Waals surface area contributed by atoms with Crippen LogP contribution in [0.2, 0.25) is 10.0 Å². The van der Waals surface area contributed by atoms with Crippen LogP contribution in [0.4, 0.5) is 0 Å². The second-order valence-electron chi connectivity index (χ2n) is 6.19. The van der Waals surface area contributed by atoms with Crippen molar-refractivity contribution in [2.24, 2.45) is 0 Å². The minimum absolute atomic E-state index is 0.00697. The fourth-order valence-electron chi connectivity index (χ4n) is 3.38. The molecule has 0 aromatic heterocycles. The van der Waals surface area contributed by atoms with E-state index >= 15 is 0 Å². The van der Waals surface area contributed by atoms with Gasteiger partial charge in [0, 0.05) is 31.2 Å². The summed E-state index contributed by atoms with van der Waals surface area (Å²) in [6.07, 6.45) is 6.40. The maximum atomic E-state index is 12.8. The molecule has 1 aliphatic rings. The second kappa shape index (κ2) is 8.18. The first-order valence-electron chi connectivity index (χ1n) is 7.99. The molecule has 1 aliphatic carbocycles. The summed E-state index contributed by atoms with van der Waals surface area (Å²) in [4.78, 5) is 17.0. The molecule has 126 valence electrons. The van der Waals surface area contributed by atoms with Gasteiger partial charge in [-0.05, 0) is 38.1 Å². The highest BCUT2D eigenvalue weighted by Gasteiger charge is 2.33. The Morgan fingerprint density at radius 1 is 1.22 bits per heavy atom. The summed E-state index contributed by atoms with van der Waals surface area (Å²) in [5.74, 6) is -0.00697. The topological polar surface area (TPSA) is 23.6 Å². The summed E-state index contributed by atoms with van der Waals surface area (Å²) in [5, 5.41) is 0.877. The molecule has 1 amide bonds. The van der Waals surface area contributed by atoms with Crippen molar-refractivity contribution in [3.8, 4) is 0 Å². The molecule has 5 heteroatoms. The van der Waals surface area contributed by atoms with Crippen LogP contribution in [0.5, 0.6) is 0 Å². The standard InChI is InChI=1S/C18H24Cl2N2O/c1-4-11-21(2)16-7-5-6-8-17(16)22(3)18(23)13-9-10-14(19)15(20)12-13/h4,9-10,12,16-17H,1,5-8,11H2,2-3H3/t16-,17?/m1/s1. The molecule has 0 saturated heterocycles. The Bertz CT molecular complexity index is 576. The molecule has 1 aromatic rings. The Morgan fingerprint density at radius 3 is 2.48 bits per heavy atom. The summed E-state index contributed by atoms with van der Waals surface area (Å²) < 4.78 is 0. The van der Waals surface area contributed by atoms with Crippen LogP contribution in [0.25, 0.3) is 0 Å². The summed E-state index contributed by atoms with van der Waals surface area (Å²) in [5.41, 5.74) is 0.581. The molecule has 2 rings (SSSR count). The van der Waals surface area contributed by atoms with Gasteiger partial charge in [0.25, 0.3) is 5.91 Å². The quantitative estimate of drug-likeness (QED) is 0.727. The largest absolute Gasteiger partial charge is 0.337 e. The Balaban J connectivity index is 2.18. The monoisotopic (exact) mass is 354 g/mol. The first-order chi connectivity index (χ1) is 11.0. The van der Waals surface area contributed by atoms with E-state index in [9.17, 15) is 4.79 Å². The van der Waals surface area contributed by atoms with Crippen LogP contribution in [-0.2, 0) is 0 Å². The highest BCUT2D eigenvalue weighted by Crippen LogP contribution is 2.28. The molecule has 1 saturated carbocycles. The van der Waals surface area contributed by atoms with Crippen molar-refractivity contribution in [2.45, 2.75) is 37.8 Å². The highest BCUT2D eigenvalue weighted by atomic mass is 35.5. The molecule has 0 aliphatic heterocycles. The fourth-order valence-corrected chi connectivity index (χ4v) is 3.68. The van der Waals surface area contributed by atoms with Gasteiger partial charge in [-0.3, -0.25) is 9.69 Å². The molecule has 1 fully saturated rings. The van der Waals surface area contributed by atoms with Crippen molar-refractivity contribution in [1.82, 2.24) is 9.80 Å². The molecule has 0 radical (unpaired) electrons. The first-order valence-corrected chi connectivity index (χ1v) is 8.74. The maximum Gasteiger partial charge on any atom is 0.253 e. The van der Waals surface area contributed by atoms with E-state index in [1.165, 1.54) is 6.42 Å². The van der Waals surface area contributed by atoms with Crippen LogP contribution in [0, 0.1) is 0 Å². The van der Waals surface area contributed by atoms with Crippen molar-refractivity contribution >= 4 is 29.1 Å². The van der Waals surface area contributed by atoms with E-state index in [4.69, 9.17) is 23.2 Å². The zero-order valence-electron chi connectivity index (χ0n) is 13.8. The van der Waals surface area contributed by atoms with E-state index < -0.39 is 0 Å². The van der Waals surface area contributed by atoms with Gasteiger partial charge in [0.2, 0.25) is 0 Å². The number of carbonyl (C=O) groups excluding carboxylic acids is 1. The second-order valence-corrected chi connectivity index (χ2v) is 7.01. The summed E-state index contributed by atoms with van der Waals surface area (Å²) in [6, 6.07) is 5.62. The lowest BCUT2D eigenvalue weighted by molar-refractivity contribution is 0.0522. The molecular formula is C18H24Cl2N2O. The van der Waals surface area contributed by atoms with Crippen LogP contribution in [0.1, 0.15) is 36.0 Å². The number of nitrogens with zero attached hydrogens (tertiary/aromatic N) is 2. The number of halogens is 2. The SMILES string of the molecule is C=CCN(C)[C@@H]1CCCCC1N(C)C(=O)c1ccc(Cl)c(Cl)c1. The third-order valence-corrected chi connectivity index (χ3v) is 5.40. The van der Waals surface area contributed by atoms with Gasteiger partial charge in [0.05, 0.1) is 10.0 Å². The smallest absolute Gasteiger partial charge is 0.253 e. The Morgan fingerprint density at radius 2 is 1.87 bits per heavy atom. The predicted molar refractivity (Wildman–Crippen MR) is 97.4 cm³/mol. The zero-order valence-corrected chi connectivity index (χ0v) is 15.3. The van der Waals surface area contributed by atoms with Crippen LogP contribution in [0.3, 0.4) is 0 Å². The minimum Gasteiger partial charge on any atom is -0.337 e. The lowest BCUT2D eigenvalue weighted by Gasteiger charge is -2.42. The average molecular weight is 355 g/mol. The third kappa shape index (κ3) is 4.28. The Labute approximate surface area is 148 Å². The van der Waals surface area contributed by atoms with Crippen LogP contribution >= 0.6 is 23.2 Å². The van der Waals surface area contributed by atoms with Gasteiger partial charge in [0.1, 0.15) is 0 Å². The number of hydrogen-bond acceptors (Lipinski definition) is 2. The van der Waals surface area contributed by atoms with Gasteiger partial charge < -0.3 is 4.90 Å². The Kier molecular flexibility index (Phi) is 6.51. The number of benzene rings is 1. The van der Waals surface area contributed by atoms with Gasteiger partial charge in [0.15, 0.2) is 0 Å². The lowest BCUT2D eigenvalue weighted by atomic mass is 9.88. The molecule has 2 atom stereocenters. The number of likely N-dealkylation sites (N-methyl/N-ethyl adjacent to an activating group) is 2. The molecule has 0 bridgehead atoms. The molecule has 1 aromatic carbocycles. The van der Waals surface area contributed by atoms with Crippen LogP contribution < -0.4 is 0 Å². The molecule has 1 unspecified atom stereocenters. The molecule has 3 nitrogen and oxygen atoms in total. The van der Waals surface area contributed by atoms with E-state index in [0.717, 1.165) is 25.8 Å². The van der Waals surface area contributed by atoms with Crippen molar-refractivity contribution in [2.75, 3.05) is 20.6 Å². The third-order valence-electron chi connectivity index (χ3n) is 4.66. The summed E-state index contributed by atoms with van der Waals surface area (Å²) in [7, 11) is 3.98. The number of rotatable bonds is 5. The molecule has 0 N–H and O–H groups in total. The van der Waals surface area contributed by atoms with Gasteiger partial charge >= 0.3 is 0 Å². The van der Waals surface area contributed by atoms with Crippen molar-refractivity contribution < 1.29 is 4.79 Å². The Hall–Kier alpha value is -1.03. The predicted octanol–water partition coefficient (Wildman–Crippen LogP) is 4.49. The van der Waals surface area contributed by atoms with Gasteiger partial charge in [-0.2, -0.15) is 0 Å². The maximum absolute atomic E-state index is 12.8. The van der Waals surface area contributed by atoms with E-state index in [0.29, 0.717) is 21.7 Å². The van der Waals surface area contributed by atoms with Gasteiger partial charge in [-0.15, -0.1) is 6.58 Å². The first kappa shape index (κ1) is 18.3. The van der Waals surface area contributed by atoms with E-state index in [-0.39, 0.29) is 11.9 Å². The van der Waals surface area contributed by atoms with E-state index in [1.54, 1.807) is 18.2 Å². The van der Waals surface area contributed by atoms with Crippen molar-refractivity contribution in [3.05, 3.63) is 46.5 Å². The lowest BCUT2D eigenvalue weighted by Crippen LogP contribution is -2.52. The molecule has 0 spiro atoms. The van der Waals surface area contributed by atoms with Crippen molar-refractivity contribution in [3.63, 3.8) is 0 Å². The van der Waals surface area contributed by atoms with Crippen LogP contribution in [0.15, 0.2) is 30.9 Å². The summed E-state index contributed by atoms with van der Waals surface area (Å²) in [6.45, 7) is 4.65. The average Bonchev–Trinajstić information content (AvgIpc) is 2.56. The molecule has 0 heterocycles. The number of hydrogen-bond donors (Lipinski definition) is 0. The summed E-state index contributed by atoms with van der Waals surface area (Å²) >= 11 is 12.0. The van der Waals surface area contributed by atoms with E-state index in [2.05, 4.69) is 18.5 Å². The molecular weight excluding hydrogens is 331 g/mol. The number of carbonyl (C=O) groups is 1. The highest BCUT2D eigenvalue weighted by molar-refractivity contribution is 6.42. The fraction of sp³-hybridized carbons (Fsp3) is 0.500. The van der Waals surface area contributed by atoms with E-state index in [1.807, 2.05) is 18.0 Å². The van der Waals surface area contributed by atoms with Gasteiger partial charge in [-0.1, -0.05) is 42.1 Å². The van der Waals surface area contributed by atoms with Crippen molar-refractivity contribution in [1.29, 1.82) is 0 Å².